The Hall–Kier alpha value is -2.99. The summed E-state index contributed by atoms with van der Waals surface area (Å²) in [5, 5.41) is 4.13. The third-order valence-corrected chi connectivity index (χ3v) is 5.42. The zero-order chi connectivity index (χ0) is 20.1. The van der Waals surface area contributed by atoms with Crippen LogP contribution in [-0.2, 0) is 11.3 Å². The lowest BCUT2D eigenvalue weighted by Crippen LogP contribution is -2.37. The van der Waals surface area contributed by atoms with Crippen molar-refractivity contribution >= 4 is 5.91 Å². The van der Waals surface area contributed by atoms with Gasteiger partial charge in [-0.25, -0.2) is 0 Å². The largest absolute Gasteiger partial charge is 0.341 e. The number of carbonyl (C=O) groups is 1. The summed E-state index contributed by atoms with van der Waals surface area (Å²) in [5.41, 5.74) is 1.99. The van der Waals surface area contributed by atoms with E-state index < -0.39 is 0 Å². The minimum absolute atomic E-state index is 0.117. The topological polar surface area (TPSA) is 62.5 Å². The van der Waals surface area contributed by atoms with E-state index in [9.17, 15) is 4.79 Å². The van der Waals surface area contributed by atoms with E-state index in [2.05, 4.69) is 15.0 Å². The van der Waals surface area contributed by atoms with Crippen molar-refractivity contribution in [3.63, 3.8) is 0 Å². The van der Waals surface area contributed by atoms with Crippen molar-refractivity contribution in [1.82, 2.24) is 19.9 Å². The normalized spacial score (nSPS) is 16.4. The van der Waals surface area contributed by atoms with Crippen molar-refractivity contribution in [1.29, 1.82) is 0 Å². The molecule has 1 fully saturated rings. The van der Waals surface area contributed by atoms with Gasteiger partial charge in [0.2, 0.25) is 5.91 Å². The first-order valence-electron chi connectivity index (χ1n) is 10.1. The number of aromatic nitrogens is 2. The molecule has 0 bridgehead atoms. The highest BCUT2D eigenvalue weighted by Crippen LogP contribution is 2.20. The fourth-order valence-corrected chi connectivity index (χ4v) is 3.72. The van der Waals surface area contributed by atoms with Crippen LogP contribution in [0.25, 0.3) is 11.5 Å². The van der Waals surface area contributed by atoms with E-state index in [4.69, 9.17) is 4.52 Å². The van der Waals surface area contributed by atoms with E-state index >= 15 is 0 Å². The molecule has 0 unspecified atom stereocenters. The lowest BCUT2D eigenvalue weighted by molar-refractivity contribution is -0.132. The summed E-state index contributed by atoms with van der Waals surface area (Å²) in [6, 6.07) is 19.8. The van der Waals surface area contributed by atoms with Crippen LogP contribution in [-0.4, -0.2) is 52.0 Å². The van der Waals surface area contributed by atoms with Gasteiger partial charge >= 0.3 is 0 Å². The van der Waals surface area contributed by atoms with Gasteiger partial charge in [-0.3, -0.25) is 9.69 Å². The van der Waals surface area contributed by atoms with Crippen molar-refractivity contribution in [2.45, 2.75) is 25.8 Å². The van der Waals surface area contributed by atoms with E-state index in [-0.39, 0.29) is 11.8 Å². The number of amides is 1. The molecule has 3 aromatic rings. The molecule has 6 heteroatoms. The fourth-order valence-electron chi connectivity index (χ4n) is 3.72. The van der Waals surface area contributed by atoms with Crippen LogP contribution in [0.4, 0.5) is 0 Å². The number of nitrogens with zero attached hydrogens (tertiary/aromatic N) is 4. The smallest absolute Gasteiger partial charge is 0.257 e. The maximum atomic E-state index is 12.9. The predicted octanol–water partition coefficient (Wildman–Crippen LogP) is 3.57. The van der Waals surface area contributed by atoms with Gasteiger partial charge in [-0.1, -0.05) is 53.7 Å². The highest BCUT2D eigenvalue weighted by molar-refractivity contribution is 5.83. The summed E-state index contributed by atoms with van der Waals surface area (Å²) in [6.45, 7) is 5.85. The average molecular weight is 390 g/mol. The first-order valence-corrected chi connectivity index (χ1v) is 10.1. The zero-order valence-corrected chi connectivity index (χ0v) is 16.7. The SMILES string of the molecule is C[C@@H](C(=O)N1CCCN(Cc2noc(-c3ccccc3)n2)CC1)c1ccccc1. The van der Waals surface area contributed by atoms with E-state index in [1.165, 1.54) is 0 Å². The molecule has 1 aromatic heterocycles. The van der Waals surface area contributed by atoms with Gasteiger partial charge in [-0.15, -0.1) is 0 Å². The number of rotatable bonds is 5. The van der Waals surface area contributed by atoms with Gasteiger partial charge in [-0.05, 0) is 31.0 Å². The molecule has 150 valence electrons. The van der Waals surface area contributed by atoms with Crippen LogP contribution in [0, 0.1) is 0 Å². The van der Waals surface area contributed by atoms with Gasteiger partial charge in [0.05, 0.1) is 12.5 Å². The summed E-state index contributed by atoms with van der Waals surface area (Å²) >= 11 is 0. The summed E-state index contributed by atoms with van der Waals surface area (Å²) in [7, 11) is 0. The van der Waals surface area contributed by atoms with Crippen LogP contribution >= 0.6 is 0 Å². The van der Waals surface area contributed by atoms with Crippen LogP contribution in [0.1, 0.15) is 30.7 Å². The van der Waals surface area contributed by atoms with Gasteiger partial charge in [-0.2, -0.15) is 4.98 Å². The van der Waals surface area contributed by atoms with Crippen LogP contribution < -0.4 is 0 Å². The summed E-state index contributed by atoms with van der Waals surface area (Å²) in [4.78, 5) is 21.8. The molecular weight excluding hydrogens is 364 g/mol. The third kappa shape index (κ3) is 4.71. The molecule has 1 atom stereocenters. The molecule has 0 radical (unpaired) electrons. The number of hydrogen-bond acceptors (Lipinski definition) is 5. The van der Waals surface area contributed by atoms with Gasteiger partial charge in [0, 0.05) is 31.7 Å². The Bertz CT molecular complexity index is 926. The molecule has 2 aromatic carbocycles. The monoisotopic (exact) mass is 390 g/mol. The number of carbonyl (C=O) groups excluding carboxylic acids is 1. The fraction of sp³-hybridized carbons (Fsp3) is 0.348. The Morgan fingerprint density at radius 1 is 1.00 bits per heavy atom. The molecule has 4 rings (SSSR count). The highest BCUT2D eigenvalue weighted by Gasteiger charge is 2.25. The van der Waals surface area contributed by atoms with E-state index in [0.717, 1.165) is 43.7 Å². The maximum absolute atomic E-state index is 12.9. The van der Waals surface area contributed by atoms with Crippen molar-refractivity contribution in [2.24, 2.45) is 0 Å². The van der Waals surface area contributed by atoms with Gasteiger partial charge < -0.3 is 9.42 Å². The van der Waals surface area contributed by atoms with Crippen LogP contribution in [0.5, 0.6) is 0 Å². The molecule has 1 aliphatic rings. The van der Waals surface area contributed by atoms with Gasteiger partial charge in [0.15, 0.2) is 5.82 Å². The van der Waals surface area contributed by atoms with Crippen LogP contribution in [0.15, 0.2) is 65.2 Å². The lowest BCUT2D eigenvalue weighted by Gasteiger charge is -2.24. The highest BCUT2D eigenvalue weighted by atomic mass is 16.5. The Morgan fingerprint density at radius 2 is 1.72 bits per heavy atom. The molecule has 0 N–H and O–H groups in total. The number of hydrogen-bond donors (Lipinski definition) is 0. The Labute approximate surface area is 171 Å². The number of benzene rings is 2. The first kappa shape index (κ1) is 19.3. The van der Waals surface area contributed by atoms with Gasteiger partial charge in [0.1, 0.15) is 0 Å². The Kier molecular flexibility index (Phi) is 6.00. The van der Waals surface area contributed by atoms with Crippen molar-refractivity contribution < 1.29 is 9.32 Å². The Morgan fingerprint density at radius 3 is 2.48 bits per heavy atom. The minimum atomic E-state index is -0.117. The van der Waals surface area contributed by atoms with E-state index in [0.29, 0.717) is 18.3 Å². The lowest BCUT2D eigenvalue weighted by atomic mass is 10.00. The molecule has 1 saturated heterocycles. The van der Waals surface area contributed by atoms with Gasteiger partial charge in [0.25, 0.3) is 5.89 Å². The second kappa shape index (κ2) is 9.01. The quantitative estimate of drug-likeness (QED) is 0.666. The van der Waals surface area contributed by atoms with E-state index in [1.54, 1.807) is 0 Å². The second-order valence-corrected chi connectivity index (χ2v) is 7.47. The molecule has 0 spiro atoms. The minimum Gasteiger partial charge on any atom is -0.341 e. The summed E-state index contributed by atoms with van der Waals surface area (Å²) in [6.07, 6.45) is 0.941. The van der Waals surface area contributed by atoms with E-state index in [1.807, 2.05) is 72.5 Å². The standard InChI is InChI=1S/C23H26N4O2/c1-18(19-9-4-2-5-10-19)23(28)27-14-8-13-26(15-16-27)17-21-24-22(29-25-21)20-11-6-3-7-12-20/h2-7,9-12,18H,8,13-17H2,1H3/t18-/m1/s1. The molecule has 0 saturated carbocycles. The average Bonchev–Trinajstić information content (AvgIpc) is 3.12. The van der Waals surface area contributed by atoms with Crippen molar-refractivity contribution in [2.75, 3.05) is 26.2 Å². The summed E-state index contributed by atoms with van der Waals surface area (Å²) in [5.74, 6) is 1.31. The molecular formula is C23H26N4O2. The Balaban J connectivity index is 1.34. The van der Waals surface area contributed by atoms with Crippen LogP contribution in [0.3, 0.4) is 0 Å². The molecule has 1 amide bonds. The van der Waals surface area contributed by atoms with Crippen molar-refractivity contribution in [3.05, 3.63) is 72.1 Å². The molecule has 0 aliphatic carbocycles. The second-order valence-electron chi connectivity index (χ2n) is 7.47. The maximum Gasteiger partial charge on any atom is 0.257 e. The molecule has 29 heavy (non-hydrogen) atoms. The molecule has 1 aliphatic heterocycles. The molecule has 2 heterocycles. The zero-order valence-electron chi connectivity index (χ0n) is 16.7. The molecule has 6 nitrogen and oxygen atoms in total. The van der Waals surface area contributed by atoms with Crippen molar-refractivity contribution in [3.8, 4) is 11.5 Å². The van der Waals surface area contributed by atoms with Crippen LogP contribution in [0.2, 0.25) is 0 Å². The third-order valence-electron chi connectivity index (χ3n) is 5.42. The summed E-state index contributed by atoms with van der Waals surface area (Å²) < 4.78 is 5.41. The first-order chi connectivity index (χ1) is 14.2. The predicted molar refractivity (Wildman–Crippen MR) is 111 cm³/mol.